The molecule has 2 aromatic carbocycles. The fourth-order valence-corrected chi connectivity index (χ4v) is 5.52. The van der Waals surface area contributed by atoms with Gasteiger partial charge in [0.05, 0.1) is 4.90 Å². The highest BCUT2D eigenvalue weighted by atomic mass is 35.5. The first kappa shape index (κ1) is 18.9. The minimum atomic E-state index is -3.98. The maximum atomic E-state index is 13.0. The van der Waals surface area contributed by atoms with Crippen molar-refractivity contribution in [1.29, 1.82) is 0 Å². The Labute approximate surface area is 147 Å². The van der Waals surface area contributed by atoms with E-state index in [1.807, 2.05) is 0 Å². The van der Waals surface area contributed by atoms with Crippen molar-refractivity contribution in [3.05, 3.63) is 59.1 Å². The molecule has 0 unspecified atom stereocenters. The van der Waals surface area contributed by atoms with Gasteiger partial charge in [-0.25, -0.2) is 16.8 Å². The molecule has 0 atom stereocenters. The van der Waals surface area contributed by atoms with Crippen LogP contribution in [0.1, 0.15) is 12.5 Å². The van der Waals surface area contributed by atoms with Crippen molar-refractivity contribution in [2.45, 2.75) is 23.3 Å². The molecule has 130 valence electrons. The van der Waals surface area contributed by atoms with Gasteiger partial charge in [-0.1, -0.05) is 48.9 Å². The van der Waals surface area contributed by atoms with Gasteiger partial charge in [0, 0.05) is 24.4 Å². The summed E-state index contributed by atoms with van der Waals surface area (Å²) in [5.74, 6) is 0. The summed E-state index contributed by atoms with van der Waals surface area (Å²) in [7, 11) is -7.66. The predicted octanol–water partition coefficient (Wildman–Crippen LogP) is 2.95. The van der Waals surface area contributed by atoms with E-state index in [4.69, 9.17) is 11.6 Å². The van der Waals surface area contributed by atoms with Crippen LogP contribution >= 0.6 is 11.6 Å². The fourth-order valence-electron chi connectivity index (χ4n) is 2.29. The first-order valence-corrected chi connectivity index (χ1v) is 10.9. The minimum absolute atomic E-state index is 0.0661. The number of hydrogen-bond donors (Lipinski definition) is 0. The molecule has 0 aliphatic heterocycles. The van der Waals surface area contributed by atoms with E-state index in [1.54, 1.807) is 31.2 Å². The maximum Gasteiger partial charge on any atom is 0.244 e. The van der Waals surface area contributed by atoms with Gasteiger partial charge >= 0.3 is 0 Å². The van der Waals surface area contributed by atoms with Crippen LogP contribution in [0.3, 0.4) is 0 Å². The minimum Gasteiger partial charge on any atom is -0.224 e. The Bertz CT molecular complexity index is 940. The van der Waals surface area contributed by atoms with Crippen LogP contribution in [0.5, 0.6) is 0 Å². The van der Waals surface area contributed by atoms with Crippen LogP contribution < -0.4 is 0 Å². The summed E-state index contributed by atoms with van der Waals surface area (Å²) in [6.07, 6.45) is 0.992. The Balaban J connectivity index is 2.51. The van der Waals surface area contributed by atoms with Crippen molar-refractivity contribution in [2.75, 3.05) is 12.8 Å². The number of nitrogens with zero attached hydrogens (tertiary/aromatic N) is 1. The van der Waals surface area contributed by atoms with Crippen LogP contribution in [-0.4, -0.2) is 33.9 Å². The Hall–Kier alpha value is -1.41. The number of sulfone groups is 1. The van der Waals surface area contributed by atoms with Gasteiger partial charge < -0.3 is 0 Å². The van der Waals surface area contributed by atoms with Crippen LogP contribution in [0.15, 0.2) is 58.3 Å². The molecular formula is C16H18ClNO4S2. The molecule has 5 nitrogen and oxygen atoms in total. The lowest BCUT2D eigenvalue weighted by Gasteiger charge is -2.22. The van der Waals surface area contributed by atoms with E-state index >= 15 is 0 Å². The molecule has 0 fully saturated rings. The van der Waals surface area contributed by atoms with Crippen LogP contribution in [0.2, 0.25) is 5.02 Å². The molecule has 2 aromatic rings. The summed E-state index contributed by atoms with van der Waals surface area (Å²) in [6.45, 7) is 1.94. The molecule has 0 aliphatic rings. The van der Waals surface area contributed by atoms with Crippen molar-refractivity contribution in [3.63, 3.8) is 0 Å². The van der Waals surface area contributed by atoms with E-state index in [9.17, 15) is 16.8 Å². The summed E-state index contributed by atoms with van der Waals surface area (Å²) in [5.41, 5.74) is 0.654. The van der Waals surface area contributed by atoms with Crippen molar-refractivity contribution < 1.29 is 16.8 Å². The zero-order chi connectivity index (χ0) is 18.0. The van der Waals surface area contributed by atoms with Crippen molar-refractivity contribution in [2.24, 2.45) is 0 Å². The van der Waals surface area contributed by atoms with Gasteiger partial charge in [-0.2, -0.15) is 4.31 Å². The summed E-state index contributed by atoms with van der Waals surface area (Å²) in [6, 6.07) is 12.6. The molecule has 0 N–H and O–H groups in total. The van der Waals surface area contributed by atoms with Gasteiger partial charge in [-0.3, -0.25) is 0 Å². The van der Waals surface area contributed by atoms with Gasteiger partial charge in [-0.15, -0.1) is 0 Å². The monoisotopic (exact) mass is 387 g/mol. The van der Waals surface area contributed by atoms with E-state index in [2.05, 4.69) is 0 Å². The molecule has 0 saturated carbocycles. The molecule has 0 heterocycles. The first-order valence-electron chi connectivity index (χ1n) is 7.20. The van der Waals surface area contributed by atoms with Gasteiger partial charge in [0.2, 0.25) is 10.0 Å². The third kappa shape index (κ3) is 3.97. The SMILES string of the molecule is CCN(Cc1ccccc1Cl)S(=O)(=O)c1ccccc1S(C)(=O)=O. The van der Waals surface area contributed by atoms with Crippen LogP contribution in [0, 0.1) is 0 Å². The molecule has 24 heavy (non-hydrogen) atoms. The molecule has 0 aromatic heterocycles. The molecule has 0 aliphatic carbocycles. The quantitative estimate of drug-likeness (QED) is 0.763. The summed E-state index contributed by atoms with van der Waals surface area (Å²) >= 11 is 6.11. The summed E-state index contributed by atoms with van der Waals surface area (Å²) < 4.78 is 51.0. The topological polar surface area (TPSA) is 71.5 Å². The zero-order valence-electron chi connectivity index (χ0n) is 13.3. The number of benzene rings is 2. The van der Waals surface area contributed by atoms with E-state index in [0.717, 1.165) is 6.26 Å². The lowest BCUT2D eigenvalue weighted by molar-refractivity contribution is 0.422. The number of halogens is 1. The standard InChI is InChI=1S/C16H18ClNO4S2/c1-3-18(12-13-8-4-5-9-14(13)17)24(21,22)16-11-7-6-10-15(16)23(2,19)20/h4-11H,3,12H2,1-2H3. The van der Waals surface area contributed by atoms with Crippen LogP contribution in [-0.2, 0) is 26.4 Å². The Morgan fingerprint density at radius 1 is 0.917 bits per heavy atom. The second kappa shape index (κ2) is 7.23. The highest BCUT2D eigenvalue weighted by Gasteiger charge is 2.29. The van der Waals surface area contributed by atoms with Crippen LogP contribution in [0.25, 0.3) is 0 Å². The second-order valence-corrected chi connectivity index (χ2v) is 9.54. The van der Waals surface area contributed by atoms with Gasteiger partial charge in [0.25, 0.3) is 0 Å². The van der Waals surface area contributed by atoms with E-state index in [1.165, 1.54) is 28.6 Å². The molecule has 0 saturated heterocycles. The second-order valence-electron chi connectivity index (χ2n) is 5.24. The highest BCUT2D eigenvalue weighted by Crippen LogP contribution is 2.26. The Kier molecular flexibility index (Phi) is 5.70. The average Bonchev–Trinajstić information content (AvgIpc) is 2.53. The molecule has 0 bridgehead atoms. The third-order valence-corrected chi connectivity index (χ3v) is 7.16. The highest BCUT2D eigenvalue weighted by molar-refractivity contribution is 7.93. The molecule has 0 amide bonds. The lowest BCUT2D eigenvalue weighted by Crippen LogP contribution is -2.31. The van der Waals surface area contributed by atoms with Gasteiger partial charge in [0.1, 0.15) is 4.90 Å². The predicted molar refractivity (Wildman–Crippen MR) is 94.3 cm³/mol. The molecule has 8 heteroatoms. The van der Waals surface area contributed by atoms with Crippen molar-refractivity contribution >= 4 is 31.5 Å². The summed E-state index contributed by atoms with van der Waals surface area (Å²) in [4.78, 5) is -0.427. The number of hydrogen-bond acceptors (Lipinski definition) is 4. The Morgan fingerprint density at radius 2 is 1.46 bits per heavy atom. The summed E-state index contributed by atoms with van der Waals surface area (Å²) in [5, 5.41) is 0.461. The van der Waals surface area contributed by atoms with Gasteiger partial charge in [-0.05, 0) is 23.8 Å². The molecule has 2 rings (SSSR count). The van der Waals surface area contributed by atoms with E-state index in [0.29, 0.717) is 10.6 Å². The normalized spacial score (nSPS) is 12.5. The van der Waals surface area contributed by atoms with Crippen molar-refractivity contribution in [1.82, 2.24) is 4.31 Å². The largest absolute Gasteiger partial charge is 0.244 e. The van der Waals surface area contributed by atoms with E-state index < -0.39 is 19.9 Å². The van der Waals surface area contributed by atoms with Crippen LogP contribution in [0.4, 0.5) is 0 Å². The Morgan fingerprint density at radius 3 is 2.00 bits per heavy atom. The smallest absolute Gasteiger partial charge is 0.224 e. The third-order valence-electron chi connectivity index (χ3n) is 3.52. The molecular weight excluding hydrogens is 370 g/mol. The van der Waals surface area contributed by atoms with Crippen molar-refractivity contribution in [3.8, 4) is 0 Å². The average molecular weight is 388 g/mol. The fraction of sp³-hybridized carbons (Fsp3) is 0.250. The molecule has 0 spiro atoms. The van der Waals surface area contributed by atoms with E-state index in [-0.39, 0.29) is 22.9 Å². The zero-order valence-corrected chi connectivity index (χ0v) is 15.7. The lowest BCUT2D eigenvalue weighted by atomic mass is 10.2. The number of rotatable bonds is 6. The maximum absolute atomic E-state index is 13.0. The first-order chi connectivity index (χ1) is 11.2. The molecule has 0 radical (unpaired) electrons. The number of sulfonamides is 1. The van der Waals surface area contributed by atoms with Gasteiger partial charge in [0.15, 0.2) is 9.84 Å².